The quantitative estimate of drug-likeness (QED) is 0.866. The van der Waals surface area contributed by atoms with Crippen molar-refractivity contribution in [3.8, 4) is 11.1 Å². The molecule has 3 aliphatic rings. The smallest absolute Gasteiger partial charge is 0.255 e. The Labute approximate surface area is 150 Å². The summed E-state index contributed by atoms with van der Waals surface area (Å²) in [7, 11) is 0. The number of nitrogens with one attached hydrogen (secondary N) is 2. The molecule has 3 aliphatic carbocycles. The number of alkyl halides is 2. The van der Waals surface area contributed by atoms with Gasteiger partial charge in [0.05, 0.1) is 0 Å². The fourth-order valence-electron chi connectivity index (χ4n) is 5.52. The molecule has 0 saturated heterocycles. The summed E-state index contributed by atoms with van der Waals surface area (Å²) in [6.07, 6.45) is 1.35. The molecular weight excluding hydrogens is 336 g/mol. The van der Waals surface area contributed by atoms with Crippen molar-refractivity contribution in [1.82, 2.24) is 10.2 Å². The lowest BCUT2D eigenvalue weighted by Crippen LogP contribution is -2.29. The molecule has 2 aromatic rings. The van der Waals surface area contributed by atoms with Gasteiger partial charge in [-0.2, -0.15) is 5.10 Å². The molecule has 0 spiro atoms. The van der Waals surface area contributed by atoms with Gasteiger partial charge in [-0.05, 0) is 44.1 Å². The van der Waals surface area contributed by atoms with Crippen LogP contribution in [0.15, 0.2) is 24.3 Å². The van der Waals surface area contributed by atoms with E-state index in [-0.39, 0.29) is 23.7 Å². The number of carbonyl (C=O) groups excluding carboxylic acids is 1. The molecule has 5 rings (SSSR count). The van der Waals surface area contributed by atoms with Crippen molar-refractivity contribution in [2.75, 3.05) is 5.32 Å². The summed E-state index contributed by atoms with van der Waals surface area (Å²) in [6.45, 7) is 3.92. The van der Waals surface area contributed by atoms with Crippen LogP contribution in [-0.4, -0.2) is 22.0 Å². The molecular formula is C20H21F2N3O. The van der Waals surface area contributed by atoms with Crippen LogP contribution >= 0.6 is 0 Å². The number of benzene rings is 1. The molecule has 136 valence electrons. The molecule has 2 bridgehead atoms. The van der Waals surface area contributed by atoms with Crippen molar-refractivity contribution < 1.29 is 13.6 Å². The number of carbonyl (C=O) groups is 1. The summed E-state index contributed by atoms with van der Waals surface area (Å²) < 4.78 is 27.6. The van der Waals surface area contributed by atoms with Crippen LogP contribution in [0, 0.1) is 43.4 Å². The lowest BCUT2D eigenvalue weighted by molar-refractivity contribution is -0.121. The lowest BCUT2D eigenvalue weighted by atomic mass is 9.88. The normalized spacial score (nSPS) is 33.2. The van der Waals surface area contributed by atoms with Crippen molar-refractivity contribution in [1.29, 1.82) is 0 Å². The number of anilines is 1. The summed E-state index contributed by atoms with van der Waals surface area (Å²) in [5.41, 5.74) is 3.83. The van der Waals surface area contributed by atoms with Crippen LogP contribution in [0.5, 0.6) is 0 Å². The van der Waals surface area contributed by atoms with Gasteiger partial charge in [-0.25, -0.2) is 8.78 Å². The number of aromatic nitrogens is 2. The maximum absolute atomic E-state index is 13.8. The predicted octanol–water partition coefficient (Wildman–Crippen LogP) is 4.17. The minimum Gasteiger partial charge on any atom is -0.308 e. The van der Waals surface area contributed by atoms with Gasteiger partial charge in [-0.3, -0.25) is 9.89 Å². The number of nitrogens with zero attached hydrogens (tertiary/aromatic N) is 1. The van der Waals surface area contributed by atoms with Crippen LogP contribution in [-0.2, 0) is 4.79 Å². The topological polar surface area (TPSA) is 57.8 Å². The van der Waals surface area contributed by atoms with E-state index in [0.717, 1.165) is 28.8 Å². The highest BCUT2D eigenvalue weighted by Crippen LogP contribution is 2.75. The summed E-state index contributed by atoms with van der Waals surface area (Å²) in [4.78, 5) is 12.8. The Bertz CT molecular complexity index is 906. The van der Waals surface area contributed by atoms with Gasteiger partial charge in [0, 0.05) is 29.0 Å². The molecule has 1 aromatic heterocycles. The lowest BCUT2D eigenvalue weighted by Gasteiger charge is -2.19. The first kappa shape index (κ1) is 16.0. The van der Waals surface area contributed by atoms with Crippen LogP contribution in [0.4, 0.5) is 14.6 Å². The van der Waals surface area contributed by atoms with Gasteiger partial charge in [0.1, 0.15) is 0 Å². The molecule has 0 radical (unpaired) electrons. The maximum atomic E-state index is 13.8. The van der Waals surface area contributed by atoms with Gasteiger partial charge < -0.3 is 5.32 Å². The highest BCUT2D eigenvalue weighted by molar-refractivity contribution is 5.96. The Balaban J connectivity index is 1.39. The molecule has 5 unspecified atom stereocenters. The van der Waals surface area contributed by atoms with Gasteiger partial charge in [0.15, 0.2) is 5.82 Å². The Morgan fingerprint density at radius 1 is 1.27 bits per heavy atom. The van der Waals surface area contributed by atoms with Crippen molar-refractivity contribution >= 4 is 11.7 Å². The molecule has 1 aromatic carbocycles. The molecule has 3 saturated carbocycles. The van der Waals surface area contributed by atoms with Gasteiger partial charge >= 0.3 is 0 Å². The van der Waals surface area contributed by atoms with Crippen LogP contribution in [0.3, 0.4) is 0 Å². The molecule has 6 heteroatoms. The Kier molecular flexibility index (Phi) is 3.16. The van der Waals surface area contributed by atoms with Crippen LogP contribution in [0.25, 0.3) is 11.1 Å². The van der Waals surface area contributed by atoms with E-state index in [0.29, 0.717) is 12.2 Å². The number of aryl methyl sites for hydroxylation is 2. The number of halogens is 2. The number of rotatable bonds is 3. The molecule has 3 fully saturated rings. The van der Waals surface area contributed by atoms with Gasteiger partial charge in [0.2, 0.25) is 5.91 Å². The van der Waals surface area contributed by atoms with E-state index in [2.05, 4.69) is 15.5 Å². The molecule has 2 N–H and O–H groups in total. The SMILES string of the molecule is Cc1cccc(-c2c(NC(=O)C3CC4CC3C3C4C3(F)F)n[nH]c2C)c1. The standard InChI is InChI=1S/C20H21F2N3O/c1-9-4-3-5-11(6-9)15-10(2)24-25-18(15)23-19(26)14-8-12-7-13(14)17-16(12)20(17,21)22/h3-6,12-14,16-17H,7-8H2,1-2H3,(H2,23,24,25,26). The molecule has 1 amide bonds. The number of hydrogen-bond acceptors (Lipinski definition) is 2. The van der Waals surface area contributed by atoms with E-state index in [1.54, 1.807) is 0 Å². The van der Waals surface area contributed by atoms with Crippen LogP contribution in [0.1, 0.15) is 24.1 Å². The van der Waals surface area contributed by atoms with E-state index >= 15 is 0 Å². The van der Waals surface area contributed by atoms with E-state index < -0.39 is 17.8 Å². The zero-order valence-corrected chi connectivity index (χ0v) is 14.7. The molecule has 4 nitrogen and oxygen atoms in total. The first-order valence-electron chi connectivity index (χ1n) is 9.18. The third kappa shape index (κ3) is 2.10. The number of aromatic amines is 1. The minimum absolute atomic E-state index is 0.00733. The van der Waals surface area contributed by atoms with E-state index in [1.807, 2.05) is 38.1 Å². The maximum Gasteiger partial charge on any atom is 0.255 e. The number of H-pyrrole nitrogens is 1. The summed E-state index contributed by atoms with van der Waals surface area (Å²) >= 11 is 0. The van der Waals surface area contributed by atoms with Crippen LogP contribution in [0.2, 0.25) is 0 Å². The third-order valence-corrected chi connectivity index (χ3v) is 6.62. The number of fused-ring (bicyclic) bond motifs is 5. The fraction of sp³-hybridized carbons (Fsp3) is 0.500. The second kappa shape index (κ2) is 5.15. The van der Waals surface area contributed by atoms with Crippen molar-refractivity contribution in [2.45, 2.75) is 32.6 Å². The monoisotopic (exact) mass is 357 g/mol. The second-order valence-electron chi connectivity index (χ2n) is 8.16. The van der Waals surface area contributed by atoms with Gasteiger partial charge in [-0.1, -0.05) is 29.8 Å². The van der Waals surface area contributed by atoms with Gasteiger partial charge in [0.25, 0.3) is 5.92 Å². The van der Waals surface area contributed by atoms with E-state index in [1.165, 1.54) is 0 Å². The second-order valence-corrected chi connectivity index (χ2v) is 8.16. The average Bonchev–Trinajstić information content (AvgIpc) is 3.01. The fourth-order valence-corrected chi connectivity index (χ4v) is 5.52. The summed E-state index contributed by atoms with van der Waals surface area (Å²) in [5.74, 6) is -3.76. The zero-order valence-electron chi connectivity index (χ0n) is 14.7. The molecule has 1 heterocycles. The summed E-state index contributed by atoms with van der Waals surface area (Å²) in [6, 6.07) is 8.00. The average molecular weight is 357 g/mol. The number of amides is 1. The first-order valence-corrected chi connectivity index (χ1v) is 9.18. The van der Waals surface area contributed by atoms with Crippen molar-refractivity contribution in [3.05, 3.63) is 35.5 Å². The Morgan fingerprint density at radius 3 is 2.81 bits per heavy atom. The summed E-state index contributed by atoms with van der Waals surface area (Å²) in [5, 5.41) is 10.1. The highest BCUT2D eigenvalue weighted by atomic mass is 19.3. The molecule has 0 aliphatic heterocycles. The van der Waals surface area contributed by atoms with Crippen molar-refractivity contribution in [2.24, 2.45) is 29.6 Å². The van der Waals surface area contributed by atoms with Gasteiger partial charge in [-0.15, -0.1) is 0 Å². The zero-order chi connectivity index (χ0) is 18.2. The third-order valence-electron chi connectivity index (χ3n) is 6.62. The minimum atomic E-state index is -2.54. The predicted molar refractivity (Wildman–Crippen MR) is 93.8 cm³/mol. The van der Waals surface area contributed by atoms with Crippen molar-refractivity contribution in [3.63, 3.8) is 0 Å². The Morgan fingerprint density at radius 2 is 2.08 bits per heavy atom. The largest absolute Gasteiger partial charge is 0.308 e. The van der Waals surface area contributed by atoms with Crippen LogP contribution < -0.4 is 5.32 Å². The van der Waals surface area contributed by atoms with E-state index in [4.69, 9.17) is 0 Å². The highest BCUT2D eigenvalue weighted by Gasteiger charge is 2.80. The molecule has 26 heavy (non-hydrogen) atoms. The first-order chi connectivity index (χ1) is 12.4. The molecule has 5 atom stereocenters. The van der Waals surface area contributed by atoms with E-state index in [9.17, 15) is 13.6 Å². The Hall–Kier alpha value is -2.24. The number of hydrogen-bond donors (Lipinski definition) is 2.